The fourth-order valence-electron chi connectivity index (χ4n) is 2.57. The highest BCUT2D eigenvalue weighted by Gasteiger charge is 2.10. The van der Waals surface area contributed by atoms with Crippen molar-refractivity contribution in [2.45, 2.75) is 6.92 Å². The van der Waals surface area contributed by atoms with Crippen LogP contribution in [0.2, 0.25) is 0 Å². The number of hydrogen-bond acceptors (Lipinski definition) is 4. The van der Waals surface area contributed by atoms with Crippen molar-refractivity contribution in [3.05, 3.63) is 74.6 Å². The summed E-state index contributed by atoms with van der Waals surface area (Å²) in [6, 6.07) is 9.28. The van der Waals surface area contributed by atoms with E-state index in [0.717, 1.165) is 15.7 Å². The van der Waals surface area contributed by atoms with Gasteiger partial charge in [0.1, 0.15) is 5.65 Å². The van der Waals surface area contributed by atoms with Gasteiger partial charge in [0, 0.05) is 20.2 Å². The van der Waals surface area contributed by atoms with Gasteiger partial charge in [0.25, 0.3) is 5.56 Å². The van der Waals surface area contributed by atoms with Gasteiger partial charge in [-0.3, -0.25) is 18.7 Å². The third-order valence-corrected chi connectivity index (χ3v) is 4.07. The van der Waals surface area contributed by atoms with Crippen molar-refractivity contribution >= 4 is 28.7 Å². The number of nitrogens with one attached hydrogen (secondary N) is 1. The average molecular weight is 350 g/mol. The highest BCUT2D eigenvalue weighted by atomic mass is 16.2. The van der Waals surface area contributed by atoms with Crippen LogP contribution >= 0.6 is 0 Å². The Bertz CT molecular complexity index is 1140. The number of aryl methyl sites for hydroxylation is 2. The number of benzene rings is 1. The van der Waals surface area contributed by atoms with Crippen LogP contribution in [0.4, 0.5) is 5.69 Å². The van der Waals surface area contributed by atoms with E-state index >= 15 is 0 Å². The van der Waals surface area contributed by atoms with Gasteiger partial charge in [0.15, 0.2) is 0 Å². The quantitative estimate of drug-likeness (QED) is 0.727. The third kappa shape index (κ3) is 3.32. The molecule has 132 valence electrons. The first-order valence-electron chi connectivity index (χ1n) is 7.98. The Balaban J connectivity index is 1.87. The topological polar surface area (TPSA) is 86.0 Å². The summed E-state index contributed by atoms with van der Waals surface area (Å²) in [5, 5.41) is 2.93. The largest absolute Gasteiger partial charge is 0.332 e. The summed E-state index contributed by atoms with van der Waals surface area (Å²) < 4.78 is 2.30. The lowest BCUT2D eigenvalue weighted by atomic mass is 10.1. The molecule has 3 rings (SSSR count). The van der Waals surface area contributed by atoms with Crippen LogP contribution in [0.3, 0.4) is 0 Å². The van der Waals surface area contributed by atoms with E-state index in [2.05, 4.69) is 10.3 Å². The van der Waals surface area contributed by atoms with E-state index in [1.807, 2.05) is 31.2 Å². The van der Waals surface area contributed by atoms with Crippen LogP contribution in [0.25, 0.3) is 17.1 Å². The van der Waals surface area contributed by atoms with Crippen LogP contribution in [-0.2, 0) is 18.9 Å². The van der Waals surface area contributed by atoms with Gasteiger partial charge in [-0.15, -0.1) is 0 Å². The maximum absolute atomic E-state index is 12.3. The van der Waals surface area contributed by atoms with E-state index < -0.39 is 11.2 Å². The highest BCUT2D eigenvalue weighted by Crippen LogP contribution is 2.12. The lowest BCUT2D eigenvalue weighted by molar-refractivity contribution is -0.111. The minimum atomic E-state index is -0.457. The van der Waals surface area contributed by atoms with Gasteiger partial charge in [-0.2, -0.15) is 0 Å². The molecule has 0 spiro atoms. The maximum atomic E-state index is 12.3. The van der Waals surface area contributed by atoms with Crippen molar-refractivity contribution in [1.82, 2.24) is 14.1 Å². The molecule has 0 aliphatic rings. The fraction of sp³-hybridized carbons (Fsp3) is 0.158. The molecule has 0 saturated carbocycles. The number of rotatable bonds is 3. The Morgan fingerprint density at radius 1 is 1.12 bits per heavy atom. The molecule has 0 unspecified atom stereocenters. The van der Waals surface area contributed by atoms with Gasteiger partial charge < -0.3 is 5.32 Å². The van der Waals surface area contributed by atoms with Crippen LogP contribution in [0.1, 0.15) is 11.1 Å². The summed E-state index contributed by atoms with van der Waals surface area (Å²) in [7, 11) is 2.94. The van der Waals surface area contributed by atoms with Gasteiger partial charge in [-0.05, 0) is 24.6 Å². The Morgan fingerprint density at radius 3 is 2.50 bits per heavy atom. The third-order valence-electron chi connectivity index (χ3n) is 4.07. The zero-order valence-corrected chi connectivity index (χ0v) is 14.7. The number of carbonyl (C=O) groups excluding carboxylic acids is 1. The fourth-order valence-corrected chi connectivity index (χ4v) is 2.57. The van der Waals surface area contributed by atoms with E-state index in [1.165, 1.54) is 30.0 Å². The standard InChI is InChI=1S/C19H18N4O3/c1-12-4-6-13(7-5-12)8-9-16(24)21-14-10-15-17(20-11-14)22(2)19(26)23(3)18(15)25/h4-11H,1-3H3,(H,21,24)/b9-8+. The monoisotopic (exact) mass is 350 g/mol. The highest BCUT2D eigenvalue weighted by molar-refractivity contribution is 6.02. The molecule has 0 bridgehead atoms. The Kier molecular flexibility index (Phi) is 4.53. The van der Waals surface area contributed by atoms with E-state index in [4.69, 9.17) is 0 Å². The van der Waals surface area contributed by atoms with Gasteiger partial charge in [0.05, 0.1) is 17.3 Å². The number of anilines is 1. The molecule has 0 atom stereocenters. The van der Waals surface area contributed by atoms with Crippen molar-refractivity contribution in [2.24, 2.45) is 14.1 Å². The summed E-state index contributed by atoms with van der Waals surface area (Å²) >= 11 is 0. The number of carbonyl (C=O) groups is 1. The molecule has 7 heteroatoms. The SMILES string of the molecule is Cc1ccc(/C=C/C(=O)Nc2cnc3c(c2)c(=O)n(C)c(=O)n3C)cc1. The summed E-state index contributed by atoms with van der Waals surface area (Å²) in [5.41, 5.74) is 1.80. The van der Waals surface area contributed by atoms with Gasteiger partial charge in [0.2, 0.25) is 5.91 Å². The lowest BCUT2D eigenvalue weighted by Gasteiger charge is -2.08. The number of aromatic nitrogens is 3. The minimum Gasteiger partial charge on any atom is -0.321 e. The molecule has 0 radical (unpaired) electrons. The first-order chi connectivity index (χ1) is 12.4. The van der Waals surface area contributed by atoms with Crippen LogP contribution in [0.5, 0.6) is 0 Å². The van der Waals surface area contributed by atoms with Gasteiger partial charge in [-0.1, -0.05) is 29.8 Å². The molecule has 0 saturated heterocycles. The van der Waals surface area contributed by atoms with E-state index in [9.17, 15) is 14.4 Å². The first kappa shape index (κ1) is 17.3. The second-order valence-corrected chi connectivity index (χ2v) is 6.03. The van der Waals surface area contributed by atoms with Crippen LogP contribution in [0, 0.1) is 6.92 Å². The van der Waals surface area contributed by atoms with Gasteiger partial charge in [-0.25, -0.2) is 9.78 Å². The first-order valence-corrected chi connectivity index (χ1v) is 7.98. The Labute approximate surface area is 149 Å². The maximum Gasteiger partial charge on any atom is 0.332 e. The van der Waals surface area contributed by atoms with Gasteiger partial charge >= 0.3 is 5.69 Å². The van der Waals surface area contributed by atoms with Crippen molar-refractivity contribution in [3.63, 3.8) is 0 Å². The zero-order chi connectivity index (χ0) is 18.8. The molecule has 1 N–H and O–H groups in total. The van der Waals surface area contributed by atoms with Crippen LogP contribution in [-0.4, -0.2) is 20.0 Å². The molecule has 3 aromatic rings. The minimum absolute atomic E-state index is 0.259. The predicted molar refractivity (Wildman–Crippen MR) is 101 cm³/mol. The molecule has 0 aliphatic heterocycles. The van der Waals surface area contributed by atoms with Crippen molar-refractivity contribution in [1.29, 1.82) is 0 Å². The molecule has 1 amide bonds. The molecular weight excluding hydrogens is 332 g/mol. The van der Waals surface area contributed by atoms with Crippen LogP contribution < -0.4 is 16.6 Å². The summed E-state index contributed by atoms with van der Waals surface area (Å²) in [6.07, 6.45) is 4.53. The normalized spacial score (nSPS) is 11.2. The molecule has 1 aromatic carbocycles. The summed E-state index contributed by atoms with van der Waals surface area (Å²) in [6.45, 7) is 1.99. The van der Waals surface area contributed by atoms with Crippen molar-refractivity contribution in [2.75, 3.05) is 5.32 Å². The summed E-state index contributed by atoms with van der Waals surface area (Å²) in [5.74, 6) is -0.339. The molecule has 26 heavy (non-hydrogen) atoms. The van der Waals surface area contributed by atoms with E-state index in [1.54, 1.807) is 13.1 Å². The Morgan fingerprint density at radius 2 is 1.81 bits per heavy atom. The molecule has 2 aromatic heterocycles. The van der Waals surface area contributed by atoms with Crippen LogP contribution in [0.15, 0.2) is 52.2 Å². The molecule has 0 fully saturated rings. The molecular formula is C19H18N4O3. The second kappa shape index (κ2) is 6.79. The smallest absolute Gasteiger partial charge is 0.321 e. The lowest BCUT2D eigenvalue weighted by Crippen LogP contribution is -2.37. The molecule has 7 nitrogen and oxygen atoms in total. The average Bonchev–Trinajstić information content (AvgIpc) is 2.64. The number of hydrogen-bond donors (Lipinski definition) is 1. The zero-order valence-electron chi connectivity index (χ0n) is 14.7. The predicted octanol–water partition coefficient (Wildman–Crippen LogP) is 1.59. The number of fused-ring (bicyclic) bond motifs is 1. The van der Waals surface area contributed by atoms with Crippen molar-refractivity contribution in [3.8, 4) is 0 Å². The molecule has 2 heterocycles. The summed E-state index contributed by atoms with van der Waals surface area (Å²) in [4.78, 5) is 40.4. The number of nitrogens with zero attached hydrogens (tertiary/aromatic N) is 3. The second-order valence-electron chi connectivity index (χ2n) is 6.03. The van der Waals surface area contributed by atoms with E-state index in [0.29, 0.717) is 5.69 Å². The number of amides is 1. The van der Waals surface area contributed by atoms with Crippen molar-refractivity contribution < 1.29 is 4.79 Å². The van der Waals surface area contributed by atoms with E-state index in [-0.39, 0.29) is 16.9 Å². The molecule has 0 aliphatic carbocycles. The number of pyridine rings is 1. The Hall–Kier alpha value is -3.48.